The third-order valence-corrected chi connectivity index (χ3v) is 4.88. The van der Waals surface area contributed by atoms with Crippen LogP contribution < -0.4 is 10.2 Å². The van der Waals surface area contributed by atoms with Crippen LogP contribution in [0.1, 0.15) is 39.0 Å². The first-order chi connectivity index (χ1) is 11.6. The molecule has 3 rings (SSSR count). The molecule has 1 saturated carbocycles. The van der Waals surface area contributed by atoms with Gasteiger partial charge in [0.15, 0.2) is 6.61 Å². The molecule has 0 spiro atoms. The molecule has 0 unspecified atom stereocenters. The van der Waals surface area contributed by atoms with Gasteiger partial charge in [0.05, 0.1) is 5.92 Å². The van der Waals surface area contributed by atoms with Gasteiger partial charge in [-0.3, -0.25) is 9.59 Å². The highest BCUT2D eigenvalue weighted by molar-refractivity contribution is 5.93. The Hall–Kier alpha value is -2.04. The zero-order valence-corrected chi connectivity index (χ0v) is 14.3. The Balaban J connectivity index is 1.46. The van der Waals surface area contributed by atoms with Crippen LogP contribution in [0.25, 0.3) is 0 Å². The van der Waals surface area contributed by atoms with Crippen molar-refractivity contribution in [1.82, 2.24) is 0 Å². The highest BCUT2D eigenvalue weighted by Gasteiger charge is 2.40. The Morgan fingerprint density at radius 2 is 1.75 bits per heavy atom. The number of rotatable bonds is 5. The highest BCUT2D eigenvalue weighted by atomic mass is 16.5. The maximum Gasteiger partial charge on any atom is 0.309 e. The second kappa shape index (κ2) is 7.69. The molecule has 1 aliphatic heterocycles. The lowest BCUT2D eigenvalue weighted by Gasteiger charge is -2.22. The van der Waals surface area contributed by atoms with Gasteiger partial charge in [-0.15, -0.1) is 0 Å². The zero-order chi connectivity index (χ0) is 16.9. The number of carbonyl (C=O) groups excluding carboxylic acids is 2. The lowest BCUT2D eigenvalue weighted by Crippen LogP contribution is -2.24. The van der Waals surface area contributed by atoms with Crippen LogP contribution in [0, 0.1) is 11.8 Å². The van der Waals surface area contributed by atoms with Gasteiger partial charge >= 0.3 is 5.97 Å². The molecule has 0 bridgehead atoms. The van der Waals surface area contributed by atoms with Crippen molar-refractivity contribution in [3.8, 4) is 0 Å². The van der Waals surface area contributed by atoms with E-state index in [0.29, 0.717) is 5.92 Å². The number of esters is 1. The fraction of sp³-hybridized carbons (Fsp3) is 0.579. The maximum atomic E-state index is 11.9. The molecule has 1 aromatic carbocycles. The normalized spacial score (nSPS) is 23.3. The third kappa shape index (κ3) is 4.49. The predicted molar refractivity (Wildman–Crippen MR) is 94.0 cm³/mol. The summed E-state index contributed by atoms with van der Waals surface area (Å²) < 4.78 is 5.04. The number of nitrogens with one attached hydrogen (secondary N) is 1. The quantitative estimate of drug-likeness (QED) is 0.842. The van der Waals surface area contributed by atoms with E-state index in [2.05, 4.69) is 10.2 Å². The van der Waals surface area contributed by atoms with Gasteiger partial charge in [0.2, 0.25) is 0 Å². The van der Waals surface area contributed by atoms with Crippen molar-refractivity contribution in [2.75, 3.05) is 29.9 Å². The predicted octanol–water partition coefficient (Wildman–Crippen LogP) is 3.20. The van der Waals surface area contributed by atoms with Crippen LogP contribution in [-0.2, 0) is 14.3 Å². The minimum Gasteiger partial charge on any atom is -0.455 e. The van der Waals surface area contributed by atoms with E-state index >= 15 is 0 Å². The van der Waals surface area contributed by atoms with E-state index in [0.717, 1.165) is 25.2 Å². The lowest BCUT2D eigenvalue weighted by molar-refractivity contribution is -0.148. The second-order valence-electron chi connectivity index (χ2n) is 6.92. The minimum atomic E-state index is -0.292. The molecule has 1 saturated heterocycles. The number of hydrogen-bond acceptors (Lipinski definition) is 4. The molecule has 2 fully saturated rings. The van der Waals surface area contributed by atoms with E-state index in [4.69, 9.17) is 4.74 Å². The van der Waals surface area contributed by atoms with E-state index in [9.17, 15) is 9.59 Å². The third-order valence-electron chi connectivity index (χ3n) is 4.88. The van der Waals surface area contributed by atoms with Gasteiger partial charge in [-0.05, 0) is 49.4 Å². The number of benzene rings is 1. The molecule has 1 heterocycles. The molecule has 2 aliphatic rings. The summed E-state index contributed by atoms with van der Waals surface area (Å²) in [6.07, 6.45) is 5.97. The molecule has 2 atom stereocenters. The molecule has 0 aromatic heterocycles. The van der Waals surface area contributed by atoms with Crippen molar-refractivity contribution in [2.45, 2.75) is 39.0 Å². The van der Waals surface area contributed by atoms with E-state index in [-0.39, 0.29) is 24.4 Å². The van der Waals surface area contributed by atoms with E-state index in [1.54, 1.807) is 0 Å². The Labute approximate surface area is 143 Å². The highest BCUT2D eigenvalue weighted by Crippen LogP contribution is 2.38. The standard InChI is InChI=1S/C19H26N2O3/c1-14-12-17(14)19(23)24-13-18(22)20-15-6-8-16(9-7-15)21-10-4-2-3-5-11-21/h6-9,14,17H,2-5,10-13H2,1H3,(H,20,22)/t14-,17+/m0/s1. The van der Waals surface area contributed by atoms with Crippen molar-refractivity contribution in [3.05, 3.63) is 24.3 Å². The SMILES string of the molecule is C[C@H]1C[C@H]1C(=O)OCC(=O)Nc1ccc(N2CCCCCC2)cc1. The average molecular weight is 330 g/mol. The Kier molecular flexibility index (Phi) is 5.38. The summed E-state index contributed by atoms with van der Waals surface area (Å²) in [7, 11) is 0. The Morgan fingerprint density at radius 3 is 2.33 bits per heavy atom. The van der Waals surface area contributed by atoms with Crippen LogP contribution in [-0.4, -0.2) is 31.6 Å². The first-order valence-electron chi connectivity index (χ1n) is 8.95. The van der Waals surface area contributed by atoms with E-state index in [1.165, 1.54) is 31.4 Å². The maximum absolute atomic E-state index is 11.9. The van der Waals surface area contributed by atoms with Crippen molar-refractivity contribution < 1.29 is 14.3 Å². The monoisotopic (exact) mass is 330 g/mol. The van der Waals surface area contributed by atoms with Gasteiger partial charge in [-0.2, -0.15) is 0 Å². The largest absolute Gasteiger partial charge is 0.455 e. The second-order valence-corrected chi connectivity index (χ2v) is 6.92. The van der Waals surface area contributed by atoms with Gasteiger partial charge < -0.3 is 15.0 Å². The molecular formula is C19H26N2O3. The number of carbonyl (C=O) groups is 2. The number of hydrogen-bond donors (Lipinski definition) is 1. The van der Waals surface area contributed by atoms with Gasteiger partial charge in [-0.1, -0.05) is 19.8 Å². The van der Waals surface area contributed by atoms with Crippen LogP contribution >= 0.6 is 0 Å². The van der Waals surface area contributed by atoms with E-state index in [1.807, 2.05) is 31.2 Å². The lowest BCUT2D eigenvalue weighted by atomic mass is 10.2. The fourth-order valence-electron chi connectivity index (χ4n) is 3.18. The number of anilines is 2. The minimum absolute atomic E-state index is 0.00860. The van der Waals surface area contributed by atoms with Crippen molar-refractivity contribution in [1.29, 1.82) is 0 Å². The summed E-state index contributed by atoms with van der Waals surface area (Å²) in [5, 5.41) is 2.78. The van der Waals surface area contributed by atoms with Crippen LogP contribution in [0.5, 0.6) is 0 Å². The van der Waals surface area contributed by atoms with Crippen molar-refractivity contribution in [2.24, 2.45) is 11.8 Å². The molecule has 1 aromatic rings. The Morgan fingerprint density at radius 1 is 1.12 bits per heavy atom. The number of nitrogens with zero attached hydrogens (tertiary/aromatic N) is 1. The van der Waals surface area contributed by atoms with Gasteiger partial charge in [0.25, 0.3) is 5.91 Å². The van der Waals surface area contributed by atoms with E-state index < -0.39 is 0 Å². The zero-order valence-electron chi connectivity index (χ0n) is 14.3. The fourth-order valence-corrected chi connectivity index (χ4v) is 3.18. The summed E-state index contributed by atoms with van der Waals surface area (Å²) in [4.78, 5) is 25.9. The molecule has 1 amide bonds. The van der Waals surface area contributed by atoms with Crippen LogP contribution in [0.15, 0.2) is 24.3 Å². The molecule has 0 radical (unpaired) electrons. The molecule has 1 N–H and O–H groups in total. The smallest absolute Gasteiger partial charge is 0.309 e. The summed E-state index contributed by atoms with van der Waals surface area (Å²) in [6.45, 7) is 4.00. The topological polar surface area (TPSA) is 58.6 Å². The molecule has 5 nitrogen and oxygen atoms in total. The summed E-state index contributed by atoms with van der Waals surface area (Å²) in [5.74, 6) is -0.161. The molecule has 5 heteroatoms. The van der Waals surface area contributed by atoms with Gasteiger partial charge in [-0.25, -0.2) is 0 Å². The summed E-state index contributed by atoms with van der Waals surface area (Å²) in [5.41, 5.74) is 1.93. The molecule has 1 aliphatic carbocycles. The van der Waals surface area contributed by atoms with Gasteiger partial charge in [0, 0.05) is 24.5 Å². The summed E-state index contributed by atoms with van der Waals surface area (Å²) in [6, 6.07) is 7.89. The van der Waals surface area contributed by atoms with Crippen LogP contribution in [0.3, 0.4) is 0 Å². The Bertz CT molecular complexity index is 577. The van der Waals surface area contributed by atoms with Gasteiger partial charge in [0.1, 0.15) is 0 Å². The molecule has 24 heavy (non-hydrogen) atoms. The number of amides is 1. The van der Waals surface area contributed by atoms with Crippen LogP contribution in [0.4, 0.5) is 11.4 Å². The molecule has 130 valence electrons. The molecular weight excluding hydrogens is 304 g/mol. The van der Waals surface area contributed by atoms with Crippen molar-refractivity contribution in [3.63, 3.8) is 0 Å². The average Bonchev–Trinajstić information content (AvgIpc) is 3.36. The first kappa shape index (κ1) is 16.8. The summed E-state index contributed by atoms with van der Waals surface area (Å²) >= 11 is 0. The van der Waals surface area contributed by atoms with Crippen molar-refractivity contribution >= 4 is 23.3 Å². The number of ether oxygens (including phenoxy) is 1. The van der Waals surface area contributed by atoms with Crippen LogP contribution in [0.2, 0.25) is 0 Å². The first-order valence-corrected chi connectivity index (χ1v) is 8.95.